The van der Waals surface area contributed by atoms with Crippen LogP contribution in [0.4, 0.5) is 13.2 Å². The minimum atomic E-state index is -4.09. The average molecular weight is 224 g/mol. The third-order valence-corrected chi connectivity index (χ3v) is 3.17. The van der Waals surface area contributed by atoms with Gasteiger partial charge in [0.15, 0.2) is 0 Å². The van der Waals surface area contributed by atoms with E-state index in [1.54, 1.807) is 0 Å². The molecule has 2 atom stereocenters. The van der Waals surface area contributed by atoms with Crippen molar-refractivity contribution in [3.63, 3.8) is 0 Å². The van der Waals surface area contributed by atoms with Crippen LogP contribution < -0.4 is 0 Å². The zero-order chi connectivity index (χ0) is 11.5. The molecule has 1 aliphatic rings. The lowest BCUT2D eigenvalue weighted by Crippen LogP contribution is -2.34. The first-order valence-electron chi connectivity index (χ1n) is 5.60. The van der Waals surface area contributed by atoms with Crippen molar-refractivity contribution >= 4 is 0 Å². The Bertz CT molecular complexity index is 202. The summed E-state index contributed by atoms with van der Waals surface area (Å²) in [4.78, 5) is 0. The highest BCUT2D eigenvalue weighted by atomic mass is 19.4. The maximum Gasteiger partial charge on any atom is 0.389 e. The van der Waals surface area contributed by atoms with Crippen LogP contribution in [-0.4, -0.2) is 16.9 Å². The minimum absolute atomic E-state index is 0.0483. The topological polar surface area (TPSA) is 20.2 Å². The van der Waals surface area contributed by atoms with Crippen molar-refractivity contribution in [2.45, 2.75) is 63.6 Å². The summed E-state index contributed by atoms with van der Waals surface area (Å²) in [7, 11) is 0. The van der Waals surface area contributed by atoms with Crippen LogP contribution in [0.1, 0.15) is 51.9 Å². The molecule has 0 bridgehead atoms. The van der Waals surface area contributed by atoms with Gasteiger partial charge in [-0.2, -0.15) is 13.2 Å². The van der Waals surface area contributed by atoms with E-state index in [1.807, 2.05) is 6.92 Å². The highest BCUT2D eigenvalue weighted by molar-refractivity contribution is 4.85. The monoisotopic (exact) mass is 224 g/mol. The van der Waals surface area contributed by atoms with E-state index in [2.05, 4.69) is 0 Å². The molecular formula is C11H19F3O. The second-order valence-corrected chi connectivity index (χ2v) is 4.89. The summed E-state index contributed by atoms with van der Waals surface area (Å²) in [6.07, 6.45) is -1.19. The lowest BCUT2D eigenvalue weighted by Gasteiger charge is -2.35. The molecule has 90 valence electrons. The van der Waals surface area contributed by atoms with Crippen LogP contribution in [0.15, 0.2) is 0 Å². The van der Waals surface area contributed by atoms with Crippen molar-refractivity contribution in [1.82, 2.24) is 0 Å². The summed E-state index contributed by atoms with van der Waals surface area (Å²) >= 11 is 0. The molecule has 1 saturated carbocycles. The third kappa shape index (κ3) is 4.87. The molecule has 1 rings (SSSR count). The zero-order valence-corrected chi connectivity index (χ0v) is 9.11. The standard InChI is InChI=1S/C11H19F3O/c1-9-4-2-5-10(15,8-9)6-3-7-11(12,13)14/h9,15H,2-8H2,1H3. The SMILES string of the molecule is CC1CCCC(O)(CCCC(F)(F)F)C1. The molecule has 0 spiro atoms. The van der Waals surface area contributed by atoms with E-state index in [4.69, 9.17) is 0 Å². The summed E-state index contributed by atoms with van der Waals surface area (Å²) in [6, 6.07) is 0. The first-order chi connectivity index (χ1) is 6.81. The largest absolute Gasteiger partial charge is 0.390 e. The Kier molecular flexibility index (Phi) is 4.04. The first-order valence-corrected chi connectivity index (χ1v) is 5.60. The highest BCUT2D eigenvalue weighted by Gasteiger charge is 2.34. The van der Waals surface area contributed by atoms with E-state index < -0.39 is 18.2 Å². The van der Waals surface area contributed by atoms with Crippen LogP contribution in [0.25, 0.3) is 0 Å². The summed E-state index contributed by atoms with van der Waals surface area (Å²) in [5, 5.41) is 10.1. The Morgan fingerprint density at radius 1 is 1.40 bits per heavy atom. The molecule has 1 fully saturated rings. The van der Waals surface area contributed by atoms with Crippen molar-refractivity contribution in [3.8, 4) is 0 Å². The predicted molar refractivity (Wildman–Crippen MR) is 52.5 cm³/mol. The smallest absolute Gasteiger partial charge is 0.389 e. The van der Waals surface area contributed by atoms with Gasteiger partial charge in [-0.05, 0) is 31.6 Å². The molecule has 0 radical (unpaired) electrons. The van der Waals surface area contributed by atoms with E-state index in [1.165, 1.54) is 0 Å². The van der Waals surface area contributed by atoms with Gasteiger partial charge in [0.25, 0.3) is 0 Å². The number of hydrogen-bond acceptors (Lipinski definition) is 1. The lowest BCUT2D eigenvalue weighted by molar-refractivity contribution is -0.138. The van der Waals surface area contributed by atoms with Gasteiger partial charge in [-0.25, -0.2) is 0 Å². The molecule has 15 heavy (non-hydrogen) atoms. The van der Waals surface area contributed by atoms with Crippen LogP contribution in [0.5, 0.6) is 0 Å². The minimum Gasteiger partial charge on any atom is -0.390 e. The van der Waals surface area contributed by atoms with E-state index in [0.717, 1.165) is 12.8 Å². The fourth-order valence-electron chi connectivity index (χ4n) is 2.48. The molecule has 0 aromatic heterocycles. The van der Waals surface area contributed by atoms with E-state index in [9.17, 15) is 18.3 Å². The normalized spacial score (nSPS) is 33.0. The van der Waals surface area contributed by atoms with Gasteiger partial charge in [-0.3, -0.25) is 0 Å². The number of halogens is 3. The van der Waals surface area contributed by atoms with Crippen molar-refractivity contribution in [2.75, 3.05) is 0 Å². The van der Waals surface area contributed by atoms with Gasteiger partial charge in [0.2, 0.25) is 0 Å². The maximum atomic E-state index is 11.9. The maximum absolute atomic E-state index is 11.9. The second kappa shape index (κ2) is 4.73. The van der Waals surface area contributed by atoms with E-state index in [0.29, 0.717) is 18.8 Å². The number of alkyl halides is 3. The average Bonchev–Trinajstić information content (AvgIpc) is 1.99. The molecule has 0 heterocycles. The van der Waals surface area contributed by atoms with Gasteiger partial charge in [0.05, 0.1) is 5.60 Å². The quantitative estimate of drug-likeness (QED) is 0.775. The lowest BCUT2D eigenvalue weighted by atomic mass is 9.76. The van der Waals surface area contributed by atoms with Crippen LogP contribution in [-0.2, 0) is 0 Å². The Labute approximate surface area is 88.7 Å². The van der Waals surface area contributed by atoms with Crippen LogP contribution in [0.2, 0.25) is 0 Å². The van der Waals surface area contributed by atoms with Crippen molar-refractivity contribution in [3.05, 3.63) is 0 Å². The molecule has 4 heteroatoms. The molecule has 0 aromatic rings. The molecule has 0 amide bonds. The third-order valence-electron chi connectivity index (χ3n) is 3.17. The molecule has 1 aliphatic carbocycles. The number of hydrogen-bond donors (Lipinski definition) is 1. The van der Waals surface area contributed by atoms with Gasteiger partial charge >= 0.3 is 6.18 Å². The Hall–Kier alpha value is -0.250. The predicted octanol–water partition coefficient (Wildman–Crippen LogP) is 3.66. The van der Waals surface area contributed by atoms with Crippen LogP contribution >= 0.6 is 0 Å². The Morgan fingerprint density at radius 2 is 2.07 bits per heavy atom. The van der Waals surface area contributed by atoms with Gasteiger partial charge in [0, 0.05) is 6.42 Å². The van der Waals surface area contributed by atoms with E-state index in [-0.39, 0.29) is 12.8 Å². The van der Waals surface area contributed by atoms with Gasteiger partial charge in [-0.1, -0.05) is 19.8 Å². The van der Waals surface area contributed by atoms with Crippen LogP contribution in [0.3, 0.4) is 0 Å². The van der Waals surface area contributed by atoms with Gasteiger partial charge in [0.1, 0.15) is 0 Å². The summed E-state index contributed by atoms with van der Waals surface area (Å²) in [5.74, 6) is 0.439. The molecule has 0 aromatic carbocycles. The van der Waals surface area contributed by atoms with Crippen molar-refractivity contribution in [2.24, 2.45) is 5.92 Å². The molecule has 1 nitrogen and oxygen atoms in total. The molecule has 2 unspecified atom stereocenters. The molecule has 0 saturated heterocycles. The second-order valence-electron chi connectivity index (χ2n) is 4.89. The Balaban J connectivity index is 2.30. The van der Waals surface area contributed by atoms with Crippen molar-refractivity contribution < 1.29 is 18.3 Å². The van der Waals surface area contributed by atoms with Crippen LogP contribution in [0, 0.1) is 5.92 Å². The highest BCUT2D eigenvalue weighted by Crippen LogP contribution is 2.36. The fourth-order valence-corrected chi connectivity index (χ4v) is 2.48. The zero-order valence-electron chi connectivity index (χ0n) is 9.11. The van der Waals surface area contributed by atoms with Gasteiger partial charge < -0.3 is 5.11 Å². The van der Waals surface area contributed by atoms with E-state index >= 15 is 0 Å². The first kappa shape index (κ1) is 12.8. The Morgan fingerprint density at radius 3 is 2.60 bits per heavy atom. The fraction of sp³-hybridized carbons (Fsp3) is 1.00. The number of aliphatic hydroxyl groups is 1. The van der Waals surface area contributed by atoms with Gasteiger partial charge in [-0.15, -0.1) is 0 Å². The number of rotatable bonds is 3. The molecule has 0 aliphatic heterocycles. The molecule has 1 N–H and O–H groups in total. The van der Waals surface area contributed by atoms with Crippen molar-refractivity contribution in [1.29, 1.82) is 0 Å². The summed E-state index contributed by atoms with van der Waals surface area (Å²) in [5.41, 5.74) is -0.830. The summed E-state index contributed by atoms with van der Waals surface area (Å²) in [6.45, 7) is 2.05. The molecular weight excluding hydrogens is 205 g/mol. The summed E-state index contributed by atoms with van der Waals surface area (Å²) < 4.78 is 35.8.